The van der Waals surface area contributed by atoms with Crippen molar-refractivity contribution in [1.82, 2.24) is 9.55 Å². The third kappa shape index (κ3) is 3.29. The highest BCUT2D eigenvalue weighted by molar-refractivity contribution is 5.88. The first-order valence-corrected chi connectivity index (χ1v) is 8.40. The highest BCUT2D eigenvalue weighted by atomic mass is 16.5. The van der Waals surface area contributed by atoms with Crippen molar-refractivity contribution < 1.29 is 19.1 Å². The van der Waals surface area contributed by atoms with E-state index in [1.165, 1.54) is 13.3 Å². The molecule has 0 amide bonds. The van der Waals surface area contributed by atoms with Gasteiger partial charge in [0.2, 0.25) is 0 Å². The summed E-state index contributed by atoms with van der Waals surface area (Å²) in [6, 6.07) is 9.81. The number of aromatic nitrogens is 2. The van der Waals surface area contributed by atoms with Gasteiger partial charge in [0.1, 0.15) is 17.7 Å². The van der Waals surface area contributed by atoms with E-state index < -0.39 is 11.4 Å². The maximum absolute atomic E-state index is 12.5. The number of ether oxygens (including phenoxy) is 2. The molecule has 1 aliphatic rings. The van der Waals surface area contributed by atoms with Gasteiger partial charge < -0.3 is 14.0 Å². The summed E-state index contributed by atoms with van der Waals surface area (Å²) in [4.78, 5) is 28.6. The molecule has 0 N–H and O–H groups in total. The standard InChI is InChI=1S/C19H22N2O4/c1-14(15-7-4-3-5-8-15)21-13-20-11-16(21)17(22)25-12-19(9-6-10-19)18(23)24-2/h3-5,7-8,11,13-14H,6,9-10,12H2,1-2H3. The van der Waals surface area contributed by atoms with Crippen molar-refractivity contribution in [2.24, 2.45) is 5.41 Å². The van der Waals surface area contributed by atoms with Gasteiger partial charge in [-0.2, -0.15) is 0 Å². The maximum Gasteiger partial charge on any atom is 0.356 e. The lowest BCUT2D eigenvalue weighted by atomic mass is 9.69. The molecule has 1 atom stereocenters. The molecule has 1 saturated carbocycles. The highest BCUT2D eigenvalue weighted by Gasteiger charge is 2.46. The molecule has 6 nitrogen and oxygen atoms in total. The first-order valence-electron chi connectivity index (χ1n) is 8.40. The molecule has 1 heterocycles. The monoisotopic (exact) mass is 342 g/mol. The predicted molar refractivity (Wildman–Crippen MR) is 91.1 cm³/mol. The SMILES string of the molecule is COC(=O)C1(COC(=O)c2cncn2C(C)c2ccccc2)CCC1. The minimum absolute atomic E-state index is 0.0450. The Morgan fingerprint density at radius 2 is 2.00 bits per heavy atom. The number of esters is 2. The molecule has 0 radical (unpaired) electrons. The molecular formula is C19H22N2O4. The summed E-state index contributed by atoms with van der Waals surface area (Å²) in [6.45, 7) is 2.04. The topological polar surface area (TPSA) is 70.4 Å². The van der Waals surface area contributed by atoms with E-state index >= 15 is 0 Å². The van der Waals surface area contributed by atoms with E-state index in [9.17, 15) is 9.59 Å². The van der Waals surface area contributed by atoms with Crippen LogP contribution in [0.15, 0.2) is 42.9 Å². The summed E-state index contributed by atoms with van der Waals surface area (Å²) in [5, 5.41) is 0. The Kier molecular flexibility index (Phi) is 4.88. The quantitative estimate of drug-likeness (QED) is 0.755. The number of rotatable bonds is 6. The number of hydrogen-bond donors (Lipinski definition) is 0. The number of carbonyl (C=O) groups excluding carboxylic acids is 2. The van der Waals surface area contributed by atoms with Crippen LogP contribution in [0, 0.1) is 5.41 Å². The Balaban J connectivity index is 1.72. The molecule has 1 aliphatic carbocycles. The van der Waals surface area contributed by atoms with Gasteiger partial charge in [-0.1, -0.05) is 36.8 Å². The van der Waals surface area contributed by atoms with Crippen LogP contribution in [0.25, 0.3) is 0 Å². The molecule has 1 aromatic heterocycles. The fourth-order valence-corrected chi connectivity index (χ4v) is 3.17. The highest BCUT2D eigenvalue weighted by Crippen LogP contribution is 2.42. The summed E-state index contributed by atoms with van der Waals surface area (Å²) in [5.41, 5.74) is 0.760. The van der Waals surface area contributed by atoms with Crippen molar-refractivity contribution in [2.75, 3.05) is 13.7 Å². The van der Waals surface area contributed by atoms with Crippen LogP contribution < -0.4 is 0 Å². The predicted octanol–water partition coefficient (Wildman–Crippen LogP) is 2.99. The summed E-state index contributed by atoms with van der Waals surface area (Å²) >= 11 is 0. The van der Waals surface area contributed by atoms with Crippen molar-refractivity contribution in [2.45, 2.75) is 32.2 Å². The van der Waals surface area contributed by atoms with Crippen molar-refractivity contribution in [3.8, 4) is 0 Å². The van der Waals surface area contributed by atoms with E-state index in [1.54, 1.807) is 10.9 Å². The molecule has 1 aromatic carbocycles. The van der Waals surface area contributed by atoms with E-state index in [2.05, 4.69) is 4.98 Å². The van der Waals surface area contributed by atoms with E-state index in [0.717, 1.165) is 12.0 Å². The Morgan fingerprint density at radius 3 is 2.60 bits per heavy atom. The van der Waals surface area contributed by atoms with Gasteiger partial charge in [0.05, 0.1) is 25.7 Å². The Labute approximate surface area is 146 Å². The minimum atomic E-state index is -0.680. The summed E-state index contributed by atoms with van der Waals surface area (Å²) in [7, 11) is 1.36. The zero-order valence-electron chi connectivity index (χ0n) is 14.5. The molecule has 2 aromatic rings. The van der Waals surface area contributed by atoms with E-state index in [-0.39, 0.29) is 18.6 Å². The molecule has 3 rings (SSSR count). The van der Waals surface area contributed by atoms with Crippen LogP contribution in [0.4, 0.5) is 0 Å². The maximum atomic E-state index is 12.5. The van der Waals surface area contributed by atoms with Crippen molar-refractivity contribution >= 4 is 11.9 Å². The van der Waals surface area contributed by atoms with Crippen LogP contribution in [0.5, 0.6) is 0 Å². The molecule has 1 fully saturated rings. The Hall–Kier alpha value is -2.63. The smallest absolute Gasteiger partial charge is 0.356 e. The first-order chi connectivity index (χ1) is 12.1. The lowest BCUT2D eigenvalue weighted by Gasteiger charge is -2.37. The molecule has 0 saturated heterocycles. The molecule has 0 spiro atoms. The normalized spacial score (nSPS) is 16.6. The van der Waals surface area contributed by atoms with Crippen LogP contribution >= 0.6 is 0 Å². The van der Waals surface area contributed by atoms with Gasteiger partial charge in [0, 0.05) is 0 Å². The lowest BCUT2D eigenvalue weighted by molar-refractivity contribution is -0.162. The van der Waals surface area contributed by atoms with Gasteiger partial charge in [-0.15, -0.1) is 0 Å². The van der Waals surface area contributed by atoms with Gasteiger partial charge >= 0.3 is 11.9 Å². The number of nitrogens with zero attached hydrogens (tertiary/aromatic N) is 2. The first kappa shape index (κ1) is 17.2. The number of methoxy groups -OCH3 is 1. The molecule has 0 bridgehead atoms. The third-order valence-electron chi connectivity index (χ3n) is 4.98. The van der Waals surface area contributed by atoms with Gasteiger partial charge in [-0.05, 0) is 25.3 Å². The third-order valence-corrected chi connectivity index (χ3v) is 4.98. The molecule has 132 valence electrons. The van der Waals surface area contributed by atoms with Crippen molar-refractivity contribution in [3.05, 3.63) is 54.1 Å². The number of imidazole rings is 1. The average molecular weight is 342 g/mol. The Bertz CT molecular complexity index is 750. The molecule has 0 aliphatic heterocycles. The Morgan fingerprint density at radius 1 is 1.28 bits per heavy atom. The zero-order chi connectivity index (χ0) is 17.9. The molecule has 25 heavy (non-hydrogen) atoms. The lowest BCUT2D eigenvalue weighted by Crippen LogP contribution is -2.43. The summed E-state index contributed by atoms with van der Waals surface area (Å²) < 4.78 is 12.1. The van der Waals surface area contributed by atoms with Crippen molar-refractivity contribution in [3.63, 3.8) is 0 Å². The molecule has 6 heteroatoms. The second-order valence-electron chi connectivity index (χ2n) is 6.47. The van der Waals surface area contributed by atoms with Gasteiger partial charge in [-0.3, -0.25) is 4.79 Å². The second kappa shape index (κ2) is 7.09. The van der Waals surface area contributed by atoms with E-state index in [0.29, 0.717) is 18.5 Å². The van der Waals surface area contributed by atoms with Crippen LogP contribution in [-0.4, -0.2) is 35.2 Å². The average Bonchev–Trinajstić information content (AvgIpc) is 3.10. The molecule has 1 unspecified atom stereocenters. The minimum Gasteiger partial charge on any atom is -0.468 e. The second-order valence-corrected chi connectivity index (χ2v) is 6.47. The number of carbonyl (C=O) groups is 2. The van der Waals surface area contributed by atoms with Crippen LogP contribution in [0.1, 0.15) is 48.3 Å². The summed E-state index contributed by atoms with van der Waals surface area (Å²) in [6.07, 6.45) is 5.43. The fourth-order valence-electron chi connectivity index (χ4n) is 3.17. The van der Waals surface area contributed by atoms with Crippen LogP contribution in [0.3, 0.4) is 0 Å². The molecular weight excluding hydrogens is 320 g/mol. The fraction of sp³-hybridized carbons (Fsp3) is 0.421. The van der Waals surface area contributed by atoms with E-state index in [4.69, 9.17) is 9.47 Å². The van der Waals surface area contributed by atoms with Crippen LogP contribution in [-0.2, 0) is 14.3 Å². The van der Waals surface area contributed by atoms with Gasteiger partial charge in [0.15, 0.2) is 0 Å². The van der Waals surface area contributed by atoms with E-state index in [1.807, 2.05) is 37.3 Å². The summed E-state index contributed by atoms with van der Waals surface area (Å²) in [5.74, 6) is -0.784. The van der Waals surface area contributed by atoms with Gasteiger partial charge in [-0.25, -0.2) is 9.78 Å². The van der Waals surface area contributed by atoms with Crippen LogP contribution in [0.2, 0.25) is 0 Å². The number of hydrogen-bond acceptors (Lipinski definition) is 5. The van der Waals surface area contributed by atoms with Gasteiger partial charge in [0.25, 0.3) is 0 Å². The largest absolute Gasteiger partial charge is 0.468 e. The zero-order valence-corrected chi connectivity index (χ0v) is 14.5. The van der Waals surface area contributed by atoms with Crippen molar-refractivity contribution in [1.29, 1.82) is 0 Å². The number of benzene rings is 1.